The highest BCUT2D eigenvalue weighted by Gasteiger charge is 2.25. The minimum absolute atomic E-state index is 0.0803. The zero-order chi connectivity index (χ0) is 20.3. The summed E-state index contributed by atoms with van der Waals surface area (Å²) in [6, 6.07) is 11.6. The van der Waals surface area contributed by atoms with E-state index in [1.165, 1.54) is 25.3 Å². The molecule has 1 heterocycles. The van der Waals surface area contributed by atoms with Crippen molar-refractivity contribution in [1.29, 1.82) is 0 Å². The number of nitro benzene ring substituents is 1. The summed E-state index contributed by atoms with van der Waals surface area (Å²) < 4.78 is 10.8. The van der Waals surface area contributed by atoms with Gasteiger partial charge in [0, 0.05) is 24.7 Å². The molecule has 8 heteroatoms. The molecule has 1 aliphatic heterocycles. The zero-order valence-electron chi connectivity index (χ0n) is 16.0. The molecule has 0 spiro atoms. The van der Waals surface area contributed by atoms with Gasteiger partial charge in [0.15, 0.2) is 5.75 Å². The lowest BCUT2D eigenvalue weighted by Gasteiger charge is -2.37. The van der Waals surface area contributed by atoms with Gasteiger partial charge < -0.3 is 19.7 Å². The van der Waals surface area contributed by atoms with Crippen LogP contribution in [-0.2, 0) is 4.74 Å². The summed E-state index contributed by atoms with van der Waals surface area (Å²) in [4.78, 5) is 25.5. The minimum atomic E-state index is -0.569. The highest BCUT2D eigenvalue weighted by molar-refractivity contribution is 6.06. The van der Waals surface area contributed by atoms with Crippen molar-refractivity contribution in [2.24, 2.45) is 0 Å². The second-order valence-electron chi connectivity index (χ2n) is 6.78. The summed E-state index contributed by atoms with van der Waals surface area (Å²) in [5, 5.41) is 14.1. The van der Waals surface area contributed by atoms with Crippen LogP contribution < -0.4 is 15.0 Å². The smallest absolute Gasteiger partial charge is 0.311 e. The third-order valence-corrected chi connectivity index (χ3v) is 4.55. The summed E-state index contributed by atoms with van der Waals surface area (Å²) in [5.41, 5.74) is 1.47. The Morgan fingerprint density at radius 3 is 2.54 bits per heavy atom. The maximum absolute atomic E-state index is 12.7. The van der Waals surface area contributed by atoms with Gasteiger partial charge >= 0.3 is 5.69 Å². The largest absolute Gasteiger partial charge is 0.490 e. The molecule has 1 N–H and O–H groups in total. The van der Waals surface area contributed by atoms with E-state index in [4.69, 9.17) is 9.47 Å². The molecule has 2 atom stereocenters. The van der Waals surface area contributed by atoms with E-state index < -0.39 is 10.8 Å². The molecule has 1 aliphatic rings. The van der Waals surface area contributed by atoms with Crippen molar-refractivity contribution in [3.63, 3.8) is 0 Å². The zero-order valence-corrected chi connectivity index (χ0v) is 16.0. The molecular weight excluding hydrogens is 362 g/mol. The quantitative estimate of drug-likeness (QED) is 0.626. The lowest BCUT2D eigenvalue weighted by molar-refractivity contribution is -0.385. The fourth-order valence-electron chi connectivity index (χ4n) is 3.40. The minimum Gasteiger partial charge on any atom is -0.490 e. The fourth-order valence-corrected chi connectivity index (χ4v) is 3.40. The number of anilines is 2. The molecule has 8 nitrogen and oxygen atoms in total. The van der Waals surface area contributed by atoms with Crippen LogP contribution in [0, 0.1) is 10.1 Å². The van der Waals surface area contributed by atoms with Crippen molar-refractivity contribution in [3.05, 3.63) is 58.1 Å². The number of carbonyl (C=O) groups is 1. The van der Waals surface area contributed by atoms with E-state index in [1.807, 2.05) is 38.1 Å². The van der Waals surface area contributed by atoms with E-state index >= 15 is 0 Å². The third kappa shape index (κ3) is 4.23. The molecule has 0 bridgehead atoms. The predicted octanol–water partition coefficient (Wildman–Crippen LogP) is 3.47. The molecule has 0 saturated carbocycles. The Morgan fingerprint density at radius 2 is 1.89 bits per heavy atom. The Balaban J connectivity index is 1.85. The number of carbonyl (C=O) groups excluding carboxylic acids is 1. The van der Waals surface area contributed by atoms with Gasteiger partial charge in [0.05, 0.1) is 35.6 Å². The Labute approximate surface area is 163 Å². The number of nitro groups is 1. The molecule has 2 aromatic rings. The van der Waals surface area contributed by atoms with Crippen LogP contribution in [0.3, 0.4) is 0 Å². The van der Waals surface area contributed by atoms with Gasteiger partial charge in [0.2, 0.25) is 0 Å². The molecule has 1 fully saturated rings. The average Bonchev–Trinajstić information content (AvgIpc) is 2.67. The summed E-state index contributed by atoms with van der Waals surface area (Å²) in [6.45, 7) is 5.46. The number of rotatable bonds is 5. The molecule has 3 rings (SSSR count). The van der Waals surface area contributed by atoms with Gasteiger partial charge in [0.1, 0.15) is 0 Å². The van der Waals surface area contributed by atoms with Crippen molar-refractivity contribution in [2.75, 3.05) is 30.4 Å². The maximum atomic E-state index is 12.7. The number of amides is 1. The molecule has 0 aliphatic carbocycles. The van der Waals surface area contributed by atoms with Gasteiger partial charge in [-0.25, -0.2) is 0 Å². The van der Waals surface area contributed by atoms with Crippen molar-refractivity contribution >= 4 is 23.0 Å². The molecule has 148 valence electrons. The van der Waals surface area contributed by atoms with E-state index in [9.17, 15) is 14.9 Å². The van der Waals surface area contributed by atoms with Gasteiger partial charge in [-0.3, -0.25) is 14.9 Å². The first-order valence-electron chi connectivity index (χ1n) is 9.02. The van der Waals surface area contributed by atoms with Crippen LogP contribution in [-0.4, -0.2) is 43.2 Å². The SMILES string of the molecule is COc1ccc(C(=O)Nc2ccccc2N2C[C@H](C)O[C@@H](C)C2)cc1[N+](=O)[O-]. The van der Waals surface area contributed by atoms with Crippen LogP contribution in [0.4, 0.5) is 17.1 Å². The fraction of sp³-hybridized carbons (Fsp3) is 0.350. The molecule has 0 unspecified atom stereocenters. The first kappa shape index (κ1) is 19.6. The lowest BCUT2D eigenvalue weighted by atomic mass is 10.1. The van der Waals surface area contributed by atoms with Crippen molar-refractivity contribution < 1.29 is 19.2 Å². The van der Waals surface area contributed by atoms with Crippen molar-refractivity contribution in [3.8, 4) is 5.75 Å². The van der Waals surface area contributed by atoms with Gasteiger partial charge in [-0.1, -0.05) is 12.1 Å². The van der Waals surface area contributed by atoms with Gasteiger partial charge in [0.25, 0.3) is 5.91 Å². The van der Waals surface area contributed by atoms with E-state index in [0.717, 1.165) is 5.69 Å². The number of hydrogen-bond acceptors (Lipinski definition) is 6. The first-order valence-corrected chi connectivity index (χ1v) is 9.02. The second-order valence-corrected chi connectivity index (χ2v) is 6.78. The Morgan fingerprint density at radius 1 is 1.21 bits per heavy atom. The number of hydrogen-bond donors (Lipinski definition) is 1. The summed E-state index contributed by atoms with van der Waals surface area (Å²) >= 11 is 0. The maximum Gasteiger partial charge on any atom is 0.311 e. The van der Waals surface area contributed by atoms with Gasteiger partial charge in [-0.05, 0) is 38.1 Å². The standard InChI is InChI=1S/C20H23N3O5/c1-13-11-22(12-14(2)28-13)17-7-5-4-6-16(17)21-20(24)15-8-9-19(27-3)18(10-15)23(25)26/h4-10,13-14H,11-12H2,1-3H3,(H,21,24)/t13-,14-/m0/s1. The first-order chi connectivity index (χ1) is 13.4. The number of benzene rings is 2. The molecule has 28 heavy (non-hydrogen) atoms. The second kappa shape index (κ2) is 8.26. The van der Waals surface area contributed by atoms with Crippen LogP contribution in [0.15, 0.2) is 42.5 Å². The number of morpholine rings is 1. The van der Waals surface area contributed by atoms with Crippen molar-refractivity contribution in [2.45, 2.75) is 26.1 Å². The number of ether oxygens (including phenoxy) is 2. The Hall–Kier alpha value is -3.13. The molecule has 1 saturated heterocycles. The highest BCUT2D eigenvalue weighted by atomic mass is 16.6. The molecule has 2 aromatic carbocycles. The van der Waals surface area contributed by atoms with Crippen LogP contribution in [0.5, 0.6) is 5.75 Å². The summed E-state index contributed by atoms with van der Waals surface area (Å²) in [5.74, 6) is -0.314. The van der Waals surface area contributed by atoms with Crippen LogP contribution in [0.1, 0.15) is 24.2 Å². The van der Waals surface area contributed by atoms with Crippen molar-refractivity contribution in [1.82, 2.24) is 0 Å². The van der Waals surface area contributed by atoms with Crippen LogP contribution in [0.2, 0.25) is 0 Å². The highest BCUT2D eigenvalue weighted by Crippen LogP contribution is 2.31. The third-order valence-electron chi connectivity index (χ3n) is 4.55. The number of nitrogens with zero attached hydrogens (tertiary/aromatic N) is 2. The monoisotopic (exact) mass is 385 g/mol. The van der Waals surface area contributed by atoms with Crippen LogP contribution >= 0.6 is 0 Å². The normalized spacial score (nSPS) is 19.2. The average molecular weight is 385 g/mol. The van der Waals surface area contributed by atoms with Crippen LogP contribution in [0.25, 0.3) is 0 Å². The Kier molecular flexibility index (Phi) is 5.79. The van der Waals surface area contributed by atoms with E-state index in [2.05, 4.69) is 10.2 Å². The summed E-state index contributed by atoms with van der Waals surface area (Å²) in [6.07, 6.45) is 0.161. The predicted molar refractivity (Wildman–Crippen MR) is 106 cm³/mol. The van der Waals surface area contributed by atoms with E-state index in [1.54, 1.807) is 0 Å². The van der Waals surface area contributed by atoms with Gasteiger partial charge in [-0.2, -0.15) is 0 Å². The van der Waals surface area contributed by atoms with E-state index in [-0.39, 0.29) is 29.2 Å². The Bertz CT molecular complexity index is 876. The molecule has 0 radical (unpaired) electrons. The number of methoxy groups -OCH3 is 1. The van der Waals surface area contributed by atoms with E-state index in [0.29, 0.717) is 18.8 Å². The molecular formula is C20H23N3O5. The topological polar surface area (TPSA) is 93.9 Å². The number of nitrogens with one attached hydrogen (secondary N) is 1. The summed E-state index contributed by atoms with van der Waals surface area (Å²) in [7, 11) is 1.35. The molecule has 0 aromatic heterocycles. The molecule has 1 amide bonds. The number of para-hydroxylation sites is 2. The lowest BCUT2D eigenvalue weighted by Crippen LogP contribution is -2.45. The van der Waals surface area contributed by atoms with Gasteiger partial charge in [-0.15, -0.1) is 0 Å².